The Morgan fingerprint density at radius 1 is 1.38 bits per heavy atom. The Morgan fingerprint density at radius 3 is 2.52 bits per heavy atom. The molecule has 0 aliphatic carbocycles. The van der Waals surface area contributed by atoms with Crippen LogP contribution in [-0.2, 0) is 9.59 Å². The van der Waals surface area contributed by atoms with Gasteiger partial charge in [0.2, 0.25) is 11.8 Å². The number of carbonyl (C=O) groups is 2. The number of aliphatic hydroxyl groups excluding tert-OH is 1. The van der Waals surface area contributed by atoms with Crippen molar-refractivity contribution in [2.45, 2.75) is 65.4 Å². The Kier molecular flexibility index (Phi) is 6.65. The third kappa shape index (κ3) is 4.43. The van der Waals surface area contributed by atoms with Crippen molar-refractivity contribution in [1.82, 2.24) is 4.90 Å². The van der Waals surface area contributed by atoms with E-state index in [-0.39, 0.29) is 5.91 Å². The molecule has 0 bridgehead atoms. The standard InChI is InChI=1S/C16H30N2O3/c1-4-8-16(14(17)20,9-7-12(2)3)15(21)18-10-5-6-13(19)11-18/h12-13,19H,4-11H2,1-3H3,(H2,17,20)/t13-,16+/m1/s1. The van der Waals surface area contributed by atoms with Crippen LogP contribution in [0.15, 0.2) is 0 Å². The molecule has 0 unspecified atom stereocenters. The van der Waals surface area contributed by atoms with Crippen LogP contribution in [0, 0.1) is 11.3 Å². The number of nitrogens with two attached hydrogens (primary N) is 1. The van der Waals surface area contributed by atoms with E-state index in [2.05, 4.69) is 13.8 Å². The molecule has 0 saturated carbocycles. The fourth-order valence-electron chi connectivity index (χ4n) is 3.09. The minimum atomic E-state index is -1.10. The molecule has 0 radical (unpaired) electrons. The molecule has 0 aromatic carbocycles. The topological polar surface area (TPSA) is 83.6 Å². The molecule has 122 valence electrons. The first-order chi connectivity index (χ1) is 9.83. The van der Waals surface area contributed by atoms with Crippen molar-refractivity contribution >= 4 is 11.8 Å². The Hall–Kier alpha value is -1.10. The van der Waals surface area contributed by atoms with Gasteiger partial charge >= 0.3 is 0 Å². The van der Waals surface area contributed by atoms with Gasteiger partial charge in [-0.05, 0) is 38.0 Å². The molecular weight excluding hydrogens is 268 g/mol. The summed E-state index contributed by atoms with van der Waals surface area (Å²) in [5.41, 5.74) is 4.54. The average Bonchev–Trinajstić information content (AvgIpc) is 2.42. The van der Waals surface area contributed by atoms with Crippen LogP contribution in [0.1, 0.15) is 59.3 Å². The number of rotatable bonds is 7. The van der Waals surface area contributed by atoms with Crippen molar-refractivity contribution in [3.63, 3.8) is 0 Å². The average molecular weight is 298 g/mol. The van der Waals surface area contributed by atoms with Crippen molar-refractivity contribution < 1.29 is 14.7 Å². The van der Waals surface area contributed by atoms with Crippen LogP contribution in [0.25, 0.3) is 0 Å². The monoisotopic (exact) mass is 298 g/mol. The predicted octanol–water partition coefficient (Wildman–Crippen LogP) is 1.68. The molecule has 2 atom stereocenters. The molecule has 3 N–H and O–H groups in total. The van der Waals surface area contributed by atoms with E-state index in [1.54, 1.807) is 4.90 Å². The van der Waals surface area contributed by atoms with Crippen molar-refractivity contribution in [2.75, 3.05) is 13.1 Å². The maximum Gasteiger partial charge on any atom is 0.238 e. The fourth-order valence-corrected chi connectivity index (χ4v) is 3.09. The van der Waals surface area contributed by atoms with Crippen LogP contribution in [0.2, 0.25) is 0 Å². The lowest BCUT2D eigenvalue weighted by molar-refractivity contribution is -0.153. The molecule has 1 saturated heterocycles. The first kappa shape index (κ1) is 18.0. The Morgan fingerprint density at radius 2 is 2.05 bits per heavy atom. The number of amides is 2. The number of β-amino-alcohol motifs (C(OH)–C–C–N with tert-alkyl or cyclic N) is 1. The van der Waals surface area contributed by atoms with Crippen molar-refractivity contribution in [2.24, 2.45) is 17.1 Å². The third-order valence-electron chi connectivity index (χ3n) is 4.39. The van der Waals surface area contributed by atoms with Gasteiger partial charge in [-0.1, -0.05) is 27.2 Å². The van der Waals surface area contributed by atoms with Gasteiger partial charge in [0, 0.05) is 13.1 Å². The SMILES string of the molecule is CCC[C@](CCC(C)C)(C(N)=O)C(=O)N1CCC[C@@H](O)C1. The lowest BCUT2D eigenvalue weighted by Crippen LogP contribution is -2.54. The molecule has 0 aromatic rings. The van der Waals surface area contributed by atoms with Crippen LogP contribution >= 0.6 is 0 Å². The van der Waals surface area contributed by atoms with Gasteiger partial charge in [0.25, 0.3) is 0 Å². The van der Waals surface area contributed by atoms with Crippen LogP contribution in [0.4, 0.5) is 0 Å². The number of piperidine rings is 1. The zero-order valence-corrected chi connectivity index (χ0v) is 13.6. The quantitative estimate of drug-likeness (QED) is 0.701. The zero-order valence-electron chi connectivity index (χ0n) is 13.6. The minimum Gasteiger partial charge on any atom is -0.391 e. The van der Waals surface area contributed by atoms with Crippen molar-refractivity contribution in [3.8, 4) is 0 Å². The molecule has 5 heteroatoms. The summed E-state index contributed by atoms with van der Waals surface area (Å²) in [7, 11) is 0. The maximum atomic E-state index is 12.9. The van der Waals surface area contributed by atoms with E-state index in [4.69, 9.17) is 5.73 Å². The van der Waals surface area contributed by atoms with E-state index in [9.17, 15) is 14.7 Å². The summed E-state index contributed by atoms with van der Waals surface area (Å²) >= 11 is 0. The Balaban J connectivity index is 2.96. The first-order valence-electron chi connectivity index (χ1n) is 8.10. The Labute approximate surface area is 127 Å². The molecular formula is C16H30N2O3. The van der Waals surface area contributed by atoms with E-state index >= 15 is 0 Å². The summed E-state index contributed by atoms with van der Waals surface area (Å²) in [6, 6.07) is 0. The summed E-state index contributed by atoms with van der Waals surface area (Å²) in [5.74, 6) is -0.286. The largest absolute Gasteiger partial charge is 0.391 e. The normalized spacial score (nSPS) is 22.1. The highest BCUT2D eigenvalue weighted by atomic mass is 16.3. The first-order valence-corrected chi connectivity index (χ1v) is 8.10. The zero-order chi connectivity index (χ0) is 16.0. The van der Waals surface area contributed by atoms with Crippen molar-refractivity contribution in [1.29, 1.82) is 0 Å². The van der Waals surface area contributed by atoms with E-state index in [0.29, 0.717) is 38.3 Å². The summed E-state index contributed by atoms with van der Waals surface area (Å²) in [6.45, 7) is 7.04. The van der Waals surface area contributed by atoms with Gasteiger partial charge in [-0.15, -0.1) is 0 Å². The van der Waals surface area contributed by atoms with Crippen LogP contribution in [-0.4, -0.2) is 41.0 Å². The van der Waals surface area contributed by atoms with Crippen molar-refractivity contribution in [3.05, 3.63) is 0 Å². The highest BCUT2D eigenvalue weighted by Gasteiger charge is 2.46. The van der Waals surface area contributed by atoms with Crippen LogP contribution in [0.5, 0.6) is 0 Å². The van der Waals surface area contributed by atoms with Gasteiger partial charge in [-0.2, -0.15) is 0 Å². The van der Waals surface area contributed by atoms with Gasteiger partial charge < -0.3 is 15.7 Å². The number of nitrogens with zero attached hydrogens (tertiary/aromatic N) is 1. The third-order valence-corrected chi connectivity index (χ3v) is 4.39. The second-order valence-electron chi connectivity index (χ2n) is 6.68. The number of hydrogen-bond acceptors (Lipinski definition) is 3. The molecule has 1 aliphatic heterocycles. The molecule has 5 nitrogen and oxygen atoms in total. The highest BCUT2D eigenvalue weighted by molar-refractivity contribution is 6.04. The van der Waals surface area contributed by atoms with Gasteiger partial charge in [0.15, 0.2) is 0 Å². The van der Waals surface area contributed by atoms with Crippen LogP contribution < -0.4 is 5.73 Å². The molecule has 1 fully saturated rings. The number of carbonyl (C=O) groups excluding carboxylic acids is 2. The van der Waals surface area contributed by atoms with E-state index in [1.807, 2.05) is 6.92 Å². The molecule has 2 amide bonds. The molecule has 21 heavy (non-hydrogen) atoms. The molecule has 1 rings (SSSR count). The predicted molar refractivity (Wildman–Crippen MR) is 82.4 cm³/mol. The Bertz CT molecular complexity index is 371. The molecule has 0 spiro atoms. The van der Waals surface area contributed by atoms with E-state index in [0.717, 1.165) is 19.3 Å². The van der Waals surface area contributed by atoms with Gasteiger partial charge in [0.1, 0.15) is 5.41 Å². The highest BCUT2D eigenvalue weighted by Crippen LogP contribution is 2.34. The van der Waals surface area contributed by atoms with E-state index < -0.39 is 17.4 Å². The summed E-state index contributed by atoms with van der Waals surface area (Å²) in [5, 5.41) is 9.77. The summed E-state index contributed by atoms with van der Waals surface area (Å²) < 4.78 is 0. The van der Waals surface area contributed by atoms with Gasteiger partial charge in [-0.3, -0.25) is 9.59 Å². The molecule has 1 heterocycles. The smallest absolute Gasteiger partial charge is 0.238 e. The lowest BCUT2D eigenvalue weighted by atomic mass is 9.75. The minimum absolute atomic E-state index is 0.184. The maximum absolute atomic E-state index is 12.9. The fraction of sp³-hybridized carbons (Fsp3) is 0.875. The summed E-state index contributed by atoms with van der Waals surface area (Å²) in [6.07, 6.45) is 3.53. The second-order valence-corrected chi connectivity index (χ2v) is 6.68. The van der Waals surface area contributed by atoms with Gasteiger partial charge in [0.05, 0.1) is 6.10 Å². The van der Waals surface area contributed by atoms with Gasteiger partial charge in [-0.25, -0.2) is 0 Å². The van der Waals surface area contributed by atoms with Crippen LogP contribution in [0.3, 0.4) is 0 Å². The number of hydrogen-bond donors (Lipinski definition) is 2. The number of likely N-dealkylation sites (tertiary alicyclic amines) is 1. The summed E-state index contributed by atoms with van der Waals surface area (Å²) in [4.78, 5) is 26.7. The van der Waals surface area contributed by atoms with E-state index in [1.165, 1.54) is 0 Å². The number of primary amides is 1. The molecule has 0 aromatic heterocycles. The molecule has 1 aliphatic rings. The second kappa shape index (κ2) is 7.78. The lowest BCUT2D eigenvalue weighted by Gasteiger charge is -2.38. The number of aliphatic hydroxyl groups is 1.